The van der Waals surface area contributed by atoms with Crippen LogP contribution in [0.2, 0.25) is 5.02 Å². The molecule has 1 aliphatic rings. The summed E-state index contributed by atoms with van der Waals surface area (Å²) in [5.74, 6) is 0.370. The van der Waals surface area contributed by atoms with Crippen molar-refractivity contribution in [3.8, 4) is 5.75 Å². The number of nitrogens with one attached hydrogen (secondary N) is 2. The first kappa shape index (κ1) is 23.5. The zero-order chi connectivity index (χ0) is 24.1. The first-order chi connectivity index (χ1) is 16.4. The molecule has 3 aromatic rings. The number of hydrogen-bond donors (Lipinski definition) is 2. The Kier molecular flexibility index (Phi) is 7.24. The molecule has 1 saturated heterocycles. The van der Waals surface area contributed by atoms with E-state index in [0.717, 1.165) is 5.69 Å². The van der Waals surface area contributed by atoms with Crippen LogP contribution in [-0.2, 0) is 14.3 Å². The van der Waals surface area contributed by atoms with E-state index < -0.39 is 0 Å². The Morgan fingerprint density at radius 3 is 2.97 bits per heavy atom. The molecule has 176 valence electrons. The molecular weight excluding hydrogens is 458 g/mol. The van der Waals surface area contributed by atoms with Crippen LogP contribution in [0.15, 0.2) is 55.4 Å². The molecule has 0 spiro atoms. The van der Waals surface area contributed by atoms with Crippen molar-refractivity contribution in [2.24, 2.45) is 0 Å². The molecule has 4 rings (SSSR count). The number of ether oxygens (including phenoxy) is 2. The molecule has 1 aliphatic heterocycles. The Bertz CT molecular complexity index is 1240. The van der Waals surface area contributed by atoms with Crippen molar-refractivity contribution in [2.45, 2.75) is 13.0 Å². The molecule has 9 nitrogen and oxygen atoms in total. The number of amides is 1. The number of hydrogen-bond acceptors (Lipinski definition) is 8. The molecule has 0 radical (unpaired) electrons. The van der Waals surface area contributed by atoms with Gasteiger partial charge in [-0.25, -0.2) is 9.97 Å². The van der Waals surface area contributed by atoms with Crippen molar-refractivity contribution in [3.05, 3.63) is 60.4 Å². The number of fused-ring (bicyclic) bond motifs is 1. The quantitative estimate of drug-likeness (QED) is 0.370. The van der Waals surface area contributed by atoms with E-state index in [9.17, 15) is 9.59 Å². The van der Waals surface area contributed by atoms with Crippen LogP contribution in [0.1, 0.15) is 6.92 Å². The maximum Gasteiger partial charge on any atom is 0.320 e. The van der Waals surface area contributed by atoms with Crippen molar-refractivity contribution in [3.63, 3.8) is 0 Å². The molecular formula is C24H24ClN5O4. The Morgan fingerprint density at radius 2 is 2.21 bits per heavy atom. The van der Waals surface area contributed by atoms with E-state index in [1.54, 1.807) is 24.3 Å². The lowest BCUT2D eigenvalue weighted by atomic mass is 10.1. The van der Waals surface area contributed by atoms with Crippen LogP contribution < -0.4 is 15.4 Å². The highest BCUT2D eigenvalue weighted by molar-refractivity contribution is 6.30. The molecule has 0 aliphatic carbocycles. The van der Waals surface area contributed by atoms with E-state index in [2.05, 4.69) is 27.2 Å². The topological polar surface area (TPSA) is 106 Å². The number of rotatable bonds is 8. The number of morpholine rings is 1. The van der Waals surface area contributed by atoms with Crippen LogP contribution in [0.25, 0.3) is 10.9 Å². The van der Waals surface area contributed by atoms with E-state index in [1.807, 2.05) is 24.0 Å². The maximum absolute atomic E-state index is 12.1. The lowest BCUT2D eigenvalue weighted by Crippen LogP contribution is -2.45. The standard InChI is InChI=1S/C24H24ClN5O4/c1-3-22(31)29-20-10-18-19(26-14-27-24(18)28-17-6-4-5-16(25)9-17)11-21(20)33-8-7-30-12-15(2)34-23(32)13-30/h3-6,9-11,14-15H,1,7-8,12-13H2,2H3,(H,29,31)(H,26,27,28)/t15-/m0/s1. The van der Waals surface area contributed by atoms with Gasteiger partial charge in [-0.3, -0.25) is 14.5 Å². The first-order valence-electron chi connectivity index (χ1n) is 10.7. The molecule has 0 unspecified atom stereocenters. The lowest BCUT2D eigenvalue weighted by molar-refractivity contribution is -0.157. The number of carbonyl (C=O) groups excluding carboxylic acids is 2. The van der Waals surface area contributed by atoms with Gasteiger partial charge in [-0.1, -0.05) is 24.2 Å². The minimum Gasteiger partial charge on any atom is -0.490 e. The Labute approximate surface area is 201 Å². The SMILES string of the molecule is C=CC(=O)Nc1cc2c(Nc3cccc(Cl)c3)ncnc2cc1OCCN1CC(=O)O[C@@H](C)C1. The summed E-state index contributed by atoms with van der Waals surface area (Å²) in [4.78, 5) is 34.4. The van der Waals surface area contributed by atoms with Gasteiger partial charge in [-0.15, -0.1) is 0 Å². The number of nitrogens with zero attached hydrogens (tertiary/aromatic N) is 3. The van der Waals surface area contributed by atoms with Gasteiger partial charge in [0.1, 0.15) is 30.6 Å². The predicted molar refractivity (Wildman–Crippen MR) is 131 cm³/mol. The largest absolute Gasteiger partial charge is 0.490 e. The second-order valence-corrected chi connectivity index (χ2v) is 8.24. The number of cyclic esters (lactones) is 1. The van der Waals surface area contributed by atoms with E-state index in [4.69, 9.17) is 21.1 Å². The van der Waals surface area contributed by atoms with Gasteiger partial charge < -0.3 is 20.1 Å². The van der Waals surface area contributed by atoms with Gasteiger partial charge in [0.05, 0.1) is 17.7 Å². The minimum atomic E-state index is -0.377. The highest BCUT2D eigenvalue weighted by atomic mass is 35.5. The summed E-state index contributed by atoms with van der Waals surface area (Å²) >= 11 is 6.09. The molecule has 1 fully saturated rings. The Balaban J connectivity index is 1.59. The first-order valence-corrected chi connectivity index (χ1v) is 11.1. The van der Waals surface area contributed by atoms with Gasteiger partial charge >= 0.3 is 5.97 Å². The van der Waals surface area contributed by atoms with Gasteiger partial charge in [0, 0.05) is 35.3 Å². The highest BCUT2D eigenvalue weighted by Gasteiger charge is 2.23. The summed E-state index contributed by atoms with van der Waals surface area (Å²) in [5, 5.41) is 7.29. The number of benzene rings is 2. The minimum absolute atomic E-state index is 0.161. The van der Waals surface area contributed by atoms with Gasteiger partial charge in [0.25, 0.3) is 0 Å². The average molecular weight is 482 g/mol. The van der Waals surface area contributed by atoms with Gasteiger partial charge in [0.2, 0.25) is 5.91 Å². The third kappa shape index (κ3) is 5.81. The fraction of sp³-hybridized carbons (Fsp3) is 0.250. The highest BCUT2D eigenvalue weighted by Crippen LogP contribution is 2.33. The van der Waals surface area contributed by atoms with E-state index >= 15 is 0 Å². The molecule has 1 aromatic heterocycles. The van der Waals surface area contributed by atoms with Crippen LogP contribution in [-0.4, -0.2) is 59.1 Å². The van der Waals surface area contributed by atoms with Crippen LogP contribution in [0, 0.1) is 0 Å². The molecule has 34 heavy (non-hydrogen) atoms. The van der Waals surface area contributed by atoms with Crippen LogP contribution >= 0.6 is 11.6 Å². The zero-order valence-corrected chi connectivity index (χ0v) is 19.3. The average Bonchev–Trinajstić information content (AvgIpc) is 2.79. The summed E-state index contributed by atoms with van der Waals surface area (Å²) in [6.07, 6.45) is 2.47. The van der Waals surface area contributed by atoms with Crippen LogP contribution in [0.5, 0.6) is 5.75 Å². The van der Waals surface area contributed by atoms with Gasteiger partial charge in [0.15, 0.2) is 0 Å². The molecule has 0 bridgehead atoms. The monoisotopic (exact) mass is 481 g/mol. The van der Waals surface area contributed by atoms with Crippen molar-refractivity contribution in [1.29, 1.82) is 0 Å². The summed E-state index contributed by atoms with van der Waals surface area (Å²) in [6, 6.07) is 10.8. The van der Waals surface area contributed by atoms with E-state index in [0.29, 0.717) is 52.9 Å². The fourth-order valence-electron chi connectivity index (χ4n) is 3.65. The summed E-state index contributed by atoms with van der Waals surface area (Å²) in [7, 11) is 0. The molecule has 10 heteroatoms. The maximum atomic E-state index is 12.1. The summed E-state index contributed by atoms with van der Waals surface area (Å²) in [6.45, 7) is 7.06. The van der Waals surface area contributed by atoms with Gasteiger partial charge in [-0.2, -0.15) is 0 Å². The third-order valence-electron chi connectivity index (χ3n) is 5.13. The van der Waals surface area contributed by atoms with E-state index in [-0.39, 0.29) is 24.5 Å². The predicted octanol–water partition coefficient (Wildman–Crippen LogP) is 3.78. The van der Waals surface area contributed by atoms with Crippen molar-refractivity contribution >= 4 is 51.6 Å². The van der Waals surface area contributed by atoms with Crippen molar-refractivity contribution in [1.82, 2.24) is 14.9 Å². The van der Waals surface area contributed by atoms with E-state index in [1.165, 1.54) is 12.4 Å². The van der Waals surface area contributed by atoms with Crippen molar-refractivity contribution < 1.29 is 19.1 Å². The third-order valence-corrected chi connectivity index (χ3v) is 5.37. The van der Waals surface area contributed by atoms with Gasteiger partial charge in [-0.05, 0) is 37.3 Å². The number of carbonyl (C=O) groups is 2. The normalized spacial score (nSPS) is 16.1. The Morgan fingerprint density at radius 1 is 1.35 bits per heavy atom. The fourth-order valence-corrected chi connectivity index (χ4v) is 3.84. The summed E-state index contributed by atoms with van der Waals surface area (Å²) in [5.41, 5.74) is 1.84. The number of anilines is 3. The number of esters is 1. The molecule has 0 saturated carbocycles. The second-order valence-electron chi connectivity index (χ2n) is 7.80. The van der Waals surface area contributed by atoms with Crippen LogP contribution in [0.4, 0.5) is 17.2 Å². The molecule has 1 amide bonds. The molecule has 2 aromatic carbocycles. The number of aromatic nitrogens is 2. The molecule has 2 heterocycles. The van der Waals surface area contributed by atoms with Crippen LogP contribution in [0.3, 0.4) is 0 Å². The zero-order valence-electron chi connectivity index (χ0n) is 18.6. The summed E-state index contributed by atoms with van der Waals surface area (Å²) < 4.78 is 11.2. The molecule has 1 atom stereocenters. The molecule has 2 N–H and O–H groups in total. The lowest BCUT2D eigenvalue weighted by Gasteiger charge is -2.30. The smallest absolute Gasteiger partial charge is 0.320 e. The number of halogens is 1. The Hall–Kier alpha value is -3.69. The van der Waals surface area contributed by atoms with Crippen molar-refractivity contribution in [2.75, 3.05) is 36.9 Å². The second kappa shape index (κ2) is 10.5.